The third-order valence-electron chi connectivity index (χ3n) is 8.21. The number of likely N-dealkylation sites (N-methyl/N-ethyl adjacent to an activating group) is 2. The Balaban J connectivity index is 2.24. The van der Waals surface area contributed by atoms with Crippen LogP contribution in [0.2, 0.25) is 0 Å². The lowest BCUT2D eigenvalue weighted by Crippen LogP contribution is -2.74. The van der Waals surface area contributed by atoms with E-state index in [4.69, 9.17) is 9.47 Å². The topological polar surface area (TPSA) is 91.4 Å². The number of aryl methyl sites for hydroxylation is 1. The van der Waals surface area contributed by atoms with Crippen molar-refractivity contribution < 1.29 is 23.9 Å². The van der Waals surface area contributed by atoms with E-state index in [0.717, 1.165) is 30.5 Å². The number of nitrogens with zero attached hydrogens (tertiary/aromatic N) is 3. The number of hydrogen-bond donors (Lipinski definition) is 1. The van der Waals surface area contributed by atoms with Crippen molar-refractivity contribution in [3.05, 3.63) is 35.4 Å². The third-order valence-corrected chi connectivity index (χ3v) is 8.21. The number of nitrogens with one attached hydrogen (secondary N) is 1. The minimum atomic E-state index is -1.24. The minimum Gasteiger partial charge on any atom is -0.383 e. The molecule has 0 saturated carbocycles. The summed E-state index contributed by atoms with van der Waals surface area (Å²) < 4.78 is 11.6. The van der Waals surface area contributed by atoms with Crippen molar-refractivity contribution in [2.45, 2.75) is 92.0 Å². The van der Waals surface area contributed by atoms with Gasteiger partial charge >= 0.3 is 6.03 Å². The fourth-order valence-corrected chi connectivity index (χ4v) is 5.29. The predicted octanol–water partition coefficient (Wildman–Crippen LogP) is 4.74. The average molecular weight is 561 g/mol. The highest BCUT2D eigenvalue weighted by molar-refractivity contribution is 6.03. The molecule has 2 atom stereocenters. The molecule has 2 rings (SSSR count). The lowest BCUT2D eigenvalue weighted by Gasteiger charge is -2.55. The lowest BCUT2D eigenvalue weighted by atomic mass is 9.71. The lowest BCUT2D eigenvalue weighted by molar-refractivity contribution is -0.238. The van der Waals surface area contributed by atoms with Crippen LogP contribution in [0.3, 0.4) is 0 Å². The molecule has 0 bridgehead atoms. The van der Waals surface area contributed by atoms with E-state index in [1.54, 1.807) is 25.9 Å². The maximum Gasteiger partial charge on any atom is 0.326 e. The van der Waals surface area contributed by atoms with Gasteiger partial charge in [-0.15, -0.1) is 0 Å². The van der Waals surface area contributed by atoms with Crippen LogP contribution in [-0.4, -0.2) is 91.3 Å². The van der Waals surface area contributed by atoms with Crippen LogP contribution in [-0.2, 0) is 19.1 Å². The molecule has 1 heterocycles. The highest BCUT2D eigenvalue weighted by Gasteiger charge is 2.63. The van der Waals surface area contributed by atoms with Gasteiger partial charge in [0, 0.05) is 33.3 Å². The zero-order valence-electron chi connectivity index (χ0n) is 26.2. The van der Waals surface area contributed by atoms with E-state index < -0.39 is 23.3 Å². The number of imide groups is 1. The van der Waals surface area contributed by atoms with Crippen molar-refractivity contribution in [1.82, 2.24) is 20.0 Å². The zero-order valence-corrected chi connectivity index (χ0v) is 26.2. The van der Waals surface area contributed by atoms with Crippen LogP contribution >= 0.6 is 0 Å². The first-order valence-electron chi connectivity index (χ1n) is 14.8. The van der Waals surface area contributed by atoms with E-state index in [0.29, 0.717) is 39.1 Å². The van der Waals surface area contributed by atoms with E-state index in [1.807, 2.05) is 59.0 Å². The van der Waals surface area contributed by atoms with Crippen LogP contribution in [0.5, 0.6) is 0 Å². The quantitative estimate of drug-likeness (QED) is 0.294. The summed E-state index contributed by atoms with van der Waals surface area (Å²) in [5.74, 6) is -0.422. The highest BCUT2D eigenvalue weighted by Crippen LogP contribution is 2.47. The van der Waals surface area contributed by atoms with Gasteiger partial charge in [0.05, 0.1) is 18.1 Å². The van der Waals surface area contributed by atoms with Gasteiger partial charge in [-0.05, 0) is 59.6 Å². The number of hydrogen-bond acceptors (Lipinski definition) is 6. The van der Waals surface area contributed by atoms with Crippen molar-refractivity contribution in [3.8, 4) is 0 Å². The molecule has 0 aliphatic carbocycles. The molecule has 1 aliphatic heterocycles. The Labute approximate surface area is 241 Å². The third kappa shape index (κ3) is 7.62. The van der Waals surface area contributed by atoms with E-state index in [2.05, 4.69) is 17.1 Å². The van der Waals surface area contributed by atoms with Crippen LogP contribution in [0.1, 0.15) is 84.4 Å². The molecular formula is C31H52N4O5. The summed E-state index contributed by atoms with van der Waals surface area (Å²) in [5.41, 5.74) is 0.0478. The van der Waals surface area contributed by atoms with E-state index in [9.17, 15) is 14.4 Å². The Kier molecular flexibility index (Phi) is 12.6. The second kappa shape index (κ2) is 14.9. The van der Waals surface area contributed by atoms with Gasteiger partial charge in [0.15, 0.2) is 6.23 Å². The smallest absolute Gasteiger partial charge is 0.326 e. The number of carbonyl (C=O) groups is 3. The minimum absolute atomic E-state index is 0.167. The molecule has 1 fully saturated rings. The molecule has 1 aromatic rings. The number of rotatable bonds is 16. The van der Waals surface area contributed by atoms with Crippen molar-refractivity contribution >= 4 is 17.8 Å². The number of benzene rings is 1. The normalized spacial score (nSPS) is 17.5. The van der Waals surface area contributed by atoms with E-state index in [-0.39, 0.29) is 17.9 Å². The summed E-state index contributed by atoms with van der Waals surface area (Å²) in [7, 11) is 3.66. The Morgan fingerprint density at radius 2 is 1.70 bits per heavy atom. The Morgan fingerprint density at radius 3 is 2.23 bits per heavy atom. The summed E-state index contributed by atoms with van der Waals surface area (Å²) >= 11 is 0. The molecule has 4 amide bonds. The molecular weight excluding hydrogens is 508 g/mol. The molecule has 40 heavy (non-hydrogen) atoms. The first kappa shape index (κ1) is 33.7. The van der Waals surface area contributed by atoms with Crippen LogP contribution in [0.4, 0.5) is 4.79 Å². The van der Waals surface area contributed by atoms with Gasteiger partial charge in [0.25, 0.3) is 5.91 Å². The molecule has 9 nitrogen and oxygen atoms in total. The molecule has 1 saturated heterocycles. The number of amides is 4. The van der Waals surface area contributed by atoms with Crippen molar-refractivity contribution in [2.75, 3.05) is 46.9 Å². The number of likely N-dealkylation sites (tertiary alicyclic amines) is 1. The molecule has 0 radical (unpaired) electrons. The van der Waals surface area contributed by atoms with Crippen LogP contribution in [0.25, 0.3) is 0 Å². The van der Waals surface area contributed by atoms with Gasteiger partial charge in [-0.25, -0.2) is 9.69 Å². The molecule has 1 aliphatic rings. The van der Waals surface area contributed by atoms with Crippen LogP contribution < -0.4 is 5.32 Å². The van der Waals surface area contributed by atoms with E-state index in [1.165, 1.54) is 4.90 Å². The van der Waals surface area contributed by atoms with Gasteiger partial charge < -0.3 is 24.6 Å². The molecule has 0 unspecified atom stereocenters. The molecule has 9 heteroatoms. The van der Waals surface area contributed by atoms with Crippen molar-refractivity contribution in [3.63, 3.8) is 0 Å². The van der Waals surface area contributed by atoms with Crippen molar-refractivity contribution in [2.24, 2.45) is 5.41 Å². The second-order valence-electron chi connectivity index (χ2n) is 11.4. The van der Waals surface area contributed by atoms with Crippen LogP contribution in [0.15, 0.2) is 24.3 Å². The Hall–Kier alpha value is -2.49. The summed E-state index contributed by atoms with van der Waals surface area (Å²) in [5, 5.41) is 3.08. The maximum atomic E-state index is 13.7. The number of ether oxygens (including phenoxy) is 2. The first-order chi connectivity index (χ1) is 18.9. The van der Waals surface area contributed by atoms with Gasteiger partial charge in [-0.1, -0.05) is 57.0 Å². The predicted molar refractivity (Wildman–Crippen MR) is 158 cm³/mol. The van der Waals surface area contributed by atoms with Gasteiger partial charge in [0.2, 0.25) is 5.91 Å². The molecule has 1 N–H and O–H groups in total. The zero-order chi connectivity index (χ0) is 30.1. The second-order valence-corrected chi connectivity index (χ2v) is 11.4. The number of carbonyl (C=O) groups excluding carboxylic acids is 3. The molecule has 0 aromatic heterocycles. The molecule has 1 aromatic carbocycles. The van der Waals surface area contributed by atoms with Gasteiger partial charge in [0.1, 0.15) is 5.60 Å². The Bertz CT molecular complexity index is 976. The SMILES string of the molecule is CCC[C@@H](NC(=O)N1C(=O)C(CC)(CC)[C@@H]1OC(C)(C)C(=O)N(CC)CCN(C)CCOC)c1ccc(C)cc1. The summed E-state index contributed by atoms with van der Waals surface area (Å²) in [6.45, 7) is 16.5. The molecule has 226 valence electrons. The first-order valence-corrected chi connectivity index (χ1v) is 14.8. The largest absolute Gasteiger partial charge is 0.383 e. The fourth-order valence-electron chi connectivity index (χ4n) is 5.29. The van der Waals surface area contributed by atoms with Gasteiger partial charge in [-0.2, -0.15) is 0 Å². The number of β-lactam (4-membered cyclic amide) rings is 1. The van der Waals surface area contributed by atoms with E-state index >= 15 is 0 Å². The van der Waals surface area contributed by atoms with Crippen LogP contribution in [0, 0.1) is 12.3 Å². The summed E-state index contributed by atoms with van der Waals surface area (Å²) in [4.78, 5) is 45.8. The summed E-state index contributed by atoms with van der Waals surface area (Å²) in [6, 6.07) is 7.35. The standard InChI is InChI=1S/C31H52N4O5/c1-10-14-25(24-17-15-23(5)16-18-24)32-29(38)35-27(37)31(11-2,12-3)28(35)40-30(6,7)26(36)34(13-4)20-19-33(8)21-22-39-9/h15-18,25,28H,10-14,19-22H2,1-9H3,(H,32,38)/t25-,28+/m1/s1. The monoisotopic (exact) mass is 560 g/mol. The number of methoxy groups -OCH3 is 1. The van der Waals surface area contributed by atoms with Gasteiger partial charge in [-0.3, -0.25) is 9.59 Å². The summed E-state index contributed by atoms with van der Waals surface area (Å²) in [6.07, 6.45) is 1.80. The highest BCUT2D eigenvalue weighted by atomic mass is 16.5. The Morgan fingerprint density at radius 1 is 1.07 bits per heavy atom. The maximum absolute atomic E-state index is 13.7. The fraction of sp³-hybridized carbons (Fsp3) is 0.710. The number of urea groups is 1. The molecule has 0 spiro atoms. The average Bonchev–Trinajstić information content (AvgIpc) is 2.92. The van der Waals surface area contributed by atoms with Crippen molar-refractivity contribution in [1.29, 1.82) is 0 Å².